The molecule has 1 rings (SSSR count). The van der Waals surface area contributed by atoms with Crippen LogP contribution in [-0.2, 0) is 4.79 Å². The maximum absolute atomic E-state index is 10.0. The van der Waals surface area contributed by atoms with E-state index in [0.717, 1.165) is 11.9 Å². The first kappa shape index (κ1) is 9.46. The molecule has 1 nitrogen and oxygen atoms in total. The van der Waals surface area contributed by atoms with Crippen molar-refractivity contribution in [1.29, 1.82) is 0 Å². The van der Waals surface area contributed by atoms with Crippen molar-refractivity contribution < 1.29 is 4.79 Å². The van der Waals surface area contributed by atoms with Crippen molar-refractivity contribution in [3.8, 4) is 0 Å². The van der Waals surface area contributed by atoms with Crippen LogP contribution in [0, 0.1) is 0 Å². The molecule has 0 atom stereocenters. The van der Waals surface area contributed by atoms with Crippen LogP contribution in [-0.4, -0.2) is 6.29 Å². The second-order valence-corrected chi connectivity index (χ2v) is 2.74. The van der Waals surface area contributed by atoms with Crippen LogP contribution in [0.5, 0.6) is 0 Å². The van der Waals surface area contributed by atoms with Gasteiger partial charge in [-0.25, -0.2) is 0 Å². The van der Waals surface area contributed by atoms with Gasteiger partial charge in [0.2, 0.25) is 0 Å². The fourth-order valence-electron chi connectivity index (χ4n) is 1.04. The first-order valence-electron chi connectivity index (χ1n) is 4.19. The molecule has 0 aliphatic heterocycles. The van der Waals surface area contributed by atoms with E-state index in [-0.39, 0.29) is 0 Å². The molecule has 0 radical (unpaired) electrons. The van der Waals surface area contributed by atoms with Gasteiger partial charge in [0, 0.05) is 0 Å². The van der Waals surface area contributed by atoms with Crippen molar-refractivity contribution >= 4 is 11.9 Å². The molecule has 0 saturated heterocycles. The number of allylic oxidation sites excluding steroid dienone is 4. The van der Waals surface area contributed by atoms with Gasteiger partial charge >= 0.3 is 0 Å². The summed E-state index contributed by atoms with van der Waals surface area (Å²) in [4.78, 5) is 10.0. The summed E-state index contributed by atoms with van der Waals surface area (Å²) in [5, 5.41) is 0. The molecule has 1 heteroatoms. The fraction of sp³-hybridized carbons (Fsp3) is 0.0833. The van der Waals surface area contributed by atoms with Crippen molar-refractivity contribution in [1.82, 2.24) is 0 Å². The molecule has 0 aliphatic carbocycles. The van der Waals surface area contributed by atoms with Crippen molar-refractivity contribution in [2.45, 2.75) is 6.92 Å². The molecule has 0 aliphatic rings. The Hall–Kier alpha value is -1.63. The lowest BCUT2D eigenvalue weighted by Crippen LogP contribution is -1.76. The summed E-state index contributed by atoms with van der Waals surface area (Å²) >= 11 is 0. The Morgan fingerprint density at radius 3 is 2.46 bits per heavy atom. The van der Waals surface area contributed by atoms with Crippen LogP contribution in [0.2, 0.25) is 0 Å². The zero-order valence-corrected chi connectivity index (χ0v) is 7.60. The summed E-state index contributed by atoms with van der Waals surface area (Å²) in [6, 6.07) is 10.1. The lowest BCUT2D eigenvalue weighted by Gasteiger charge is -1.97. The SMILES string of the molecule is CC(=CC=CC=O)c1ccccc1. The van der Waals surface area contributed by atoms with Crippen molar-refractivity contribution in [2.24, 2.45) is 0 Å². The van der Waals surface area contributed by atoms with Crippen LogP contribution in [0.15, 0.2) is 48.6 Å². The van der Waals surface area contributed by atoms with Crippen LogP contribution in [0.3, 0.4) is 0 Å². The highest BCUT2D eigenvalue weighted by Crippen LogP contribution is 2.12. The number of hydrogen-bond acceptors (Lipinski definition) is 1. The third kappa shape index (κ3) is 3.08. The van der Waals surface area contributed by atoms with Crippen LogP contribution in [0.25, 0.3) is 5.57 Å². The number of carbonyl (C=O) groups is 1. The summed E-state index contributed by atoms with van der Waals surface area (Å²) in [6.45, 7) is 2.02. The molecule has 0 heterocycles. The highest BCUT2D eigenvalue weighted by Gasteiger charge is 1.90. The Labute approximate surface area is 78.4 Å². The van der Waals surface area contributed by atoms with E-state index in [4.69, 9.17) is 0 Å². The van der Waals surface area contributed by atoms with E-state index in [2.05, 4.69) is 0 Å². The predicted molar refractivity (Wildman–Crippen MR) is 55.3 cm³/mol. The standard InChI is InChI=1S/C12H12O/c1-11(7-5-6-10-13)12-8-3-2-4-9-12/h2-10H,1H3. The van der Waals surface area contributed by atoms with Gasteiger partial charge in [0.05, 0.1) is 0 Å². The zero-order valence-electron chi connectivity index (χ0n) is 7.60. The number of hydrogen-bond donors (Lipinski definition) is 0. The molecule has 1 aromatic carbocycles. The van der Waals surface area contributed by atoms with E-state index in [1.165, 1.54) is 11.6 Å². The molecule has 0 aromatic heterocycles. The molecule has 1 aromatic rings. The smallest absolute Gasteiger partial charge is 0.142 e. The van der Waals surface area contributed by atoms with E-state index in [1.807, 2.05) is 43.3 Å². The van der Waals surface area contributed by atoms with E-state index >= 15 is 0 Å². The summed E-state index contributed by atoms with van der Waals surface area (Å²) in [7, 11) is 0. The molecule has 0 amide bonds. The van der Waals surface area contributed by atoms with Gasteiger partial charge in [-0.2, -0.15) is 0 Å². The summed E-state index contributed by atoms with van der Waals surface area (Å²) in [6.07, 6.45) is 5.92. The van der Waals surface area contributed by atoms with Gasteiger partial charge in [-0.05, 0) is 24.1 Å². The Morgan fingerprint density at radius 1 is 1.15 bits per heavy atom. The third-order valence-corrected chi connectivity index (χ3v) is 1.77. The van der Waals surface area contributed by atoms with Crippen molar-refractivity contribution in [2.75, 3.05) is 0 Å². The first-order chi connectivity index (χ1) is 6.34. The Balaban J connectivity index is 2.79. The average molecular weight is 172 g/mol. The average Bonchev–Trinajstić information content (AvgIpc) is 2.19. The lowest BCUT2D eigenvalue weighted by molar-refractivity contribution is -0.104. The minimum absolute atomic E-state index is 0.773. The molecule has 0 fully saturated rings. The molecule has 0 unspecified atom stereocenters. The fourth-order valence-corrected chi connectivity index (χ4v) is 1.04. The van der Waals surface area contributed by atoms with Crippen LogP contribution in [0.4, 0.5) is 0 Å². The maximum Gasteiger partial charge on any atom is 0.142 e. The second kappa shape index (κ2) is 5.09. The Kier molecular flexibility index (Phi) is 3.71. The topological polar surface area (TPSA) is 17.1 Å². The molecule has 0 spiro atoms. The van der Waals surface area contributed by atoms with Gasteiger partial charge in [0.25, 0.3) is 0 Å². The van der Waals surface area contributed by atoms with Crippen molar-refractivity contribution in [3.63, 3.8) is 0 Å². The monoisotopic (exact) mass is 172 g/mol. The minimum Gasteiger partial charge on any atom is -0.299 e. The van der Waals surface area contributed by atoms with E-state index in [0.29, 0.717) is 0 Å². The molecule has 0 bridgehead atoms. The van der Waals surface area contributed by atoms with Crippen LogP contribution in [0.1, 0.15) is 12.5 Å². The van der Waals surface area contributed by atoms with Gasteiger partial charge in [-0.1, -0.05) is 42.5 Å². The lowest BCUT2D eigenvalue weighted by atomic mass is 10.1. The molecule has 0 N–H and O–H groups in total. The van der Waals surface area contributed by atoms with Gasteiger partial charge in [0.15, 0.2) is 0 Å². The first-order valence-corrected chi connectivity index (χ1v) is 4.19. The molecular weight excluding hydrogens is 160 g/mol. The highest BCUT2D eigenvalue weighted by atomic mass is 16.1. The van der Waals surface area contributed by atoms with Crippen LogP contribution >= 0.6 is 0 Å². The van der Waals surface area contributed by atoms with E-state index in [9.17, 15) is 4.79 Å². The molecule has 0 saturated carbocycles. The largest absolute Gasteiger partial charge is 0.299 e. The molecular formula is C12H12O. The number of benzene rings is 1. The number of aldehydes is 1. The molecule has 66 valence electrons. The summed E-state index contributed by atoms with van der Waals surface area (Å²) in [5.41, 5.74) is 2.33. The van der Waals surface area contributed by atoms with Gasteiger partial charge < -0.3 is 0 Å². The third-order valence-electron chi connectivity index (χ3n) is 1.77. The van der Waals surface area contributed by atoms with Crippen LogP contribution < -0.4 is 0 Å². The van der Waals surface area contributed by atoms with E-state index < -0.39 is 0 Å². The maximum atomic E-state index is 10.0. The minimum atomic E-state index is 0.773. The zero-order chi connectivity index (χ0) is 9.52. The van der Waals surface area contributed by atoms with Crippen molar-refractivity contribution in [3.05, 3.63) is 54.1 Å². The second-order valence-electron chi connectivity index (χ2n) is 2.74. The summed E-state index contributed by atoms with van der Waals surface area (Å²) in [5.74, 6) is 0. The van der Waals surface area contributed by atoms with Gasteiger partial charge in [-0.3, -0.25) is 4.79 Å². The summed E-state index contributed by atoms with van der Waals surface area (Å²) < 4.78 is 0. The quantitative estimate of drug-likeness (QED) is 0.389. The highest BCUT2D eigenvalue weighted by molar-refractivity contribution is 5.69. The Bertz CT molecular complexity index is 320. The number of rotatable bonds is 3. The van der Waals surface area contributed by atoms with Gasteiger partial charge in [0.1, 0.15) is 6.29 Å². The van der Waals surface area contributed by atoms with Gasteiger partial charge in [-0.15, -0.1) is 0 Å². The normalized spacial score (nSPS) is 11.9. The molecule has 13 heavy (non-hydrogen) atoms. The number of carbonyl (C=O) groups excluding carboxylic acids is 1. The predicted octanol–water partition coefficient (Wildman–Crippen LogP) is 2.85. The Morgan fingerprint density at radius 2 is 1.85 bits per heavy atom. The van der Waals surface area contributed by atoms with E-state index in [1.54, 1.807) is 6.08 Å².